The molecule has 0 aliphatic carbocycles. The Morgan fingerprint density at radius 2 is 0.852 bits per heavy atom. The van der Waals surface area contributed by atoms with Crippen LogP contribution in [0.3, 0.4) is 0 Å². The minimum atomic E-state index is -5.61. The molecule has 0 spiro atoms. The first-order valence-corrected chi connectivity index (χ1v) is 11.4. The van der Waals surface area contributed by atoms with Gasteiger partial charge in [0, 0.05) is 6.42 Å². The Balaban J connectivity index is -0.000000333. The minimum absolute atomic E-state index is 0. The van der Waals surface area contributed by atoms with Gasteiger partial charge < -0.3 is 33.3 Å². The third-order valence-corrected chi connectivity index (χ3v) is 3.99. The summed E-state index contributed by atoms with van der Waals surface area (Å²) < 4.78 is 0. The molecule has 0 bridgehead atoms. The Morgan fingerprint density at radius 1 is 0.630 bits per heavy atom. The van der Waals surface area contributed by atoms with Gasteiger partial charge in [-0.05, 0) is 6.42 Å². The third kappa shape index (κ3) is 52.5. The van der Waals surface area contributed by atoms with E-state index in [1.807, 2.05) is 0 Å². The van der Waals surface area contributed by atoms with Crippen molar-refractivity contribution < 1.29 is 29.1 Å². The molecule has 0 aliphatic rings. The molecule has 0 aliphatic heterocycles. The second-order valence-corrected chi connectivity index (χ2v) is 7.59. The Kier molecular flexibility index (Phi) is 37.8. The van der Waals surface area contributed by atoms with Gasteiger partial charge in [0.1, 0.15) is 0 Å². The number of unbranched alkanes of at least 4 members (excludes halogenated alkanes) is 14. The predicted molar refractivity (Wildman–Crippen MR) is 104 cm³/mol. The molecule has 0 aromatic carbocycles. The first-order chi connectivity index (χ1) is 11.8. The average Bonchev–Trinajstić information content (AvgIpc) is 2.49. The minimum Gasteiger partial charge on any atom is -0.894 e. The quantitative estimate of drug-likeness (QED) is 0.265. The van der Waals surface area contributed by atoms with Gasteiger partial charge in [-0.3, -0.25) is 4.79 Å². The van der Waals surface area contributed by atoms with Crippen LogP contribution in [-0.2, 0) is 4.79 Å². The molecule has 0 atom stereocenters. The van der Waals surface area contributed by atoms with E-state index in [1.165, 1.54) is 83.5 Å². The molecule has 1 N–H and O–H groups in total. The maximum Gasteiger partial charge on any atom is 2.00 e. The number of hydrogen-bond acceptors (Lipinski definition) is 5. The Bertz CT molecular complexity index is 286. The van der Waals surface area contributed by atoms with Crippen molar-refractivity contribution in [1.82, 2.24) is 0 Å². The SMILES string of the molecule is CCCCCCCCCCCCCCCCCC(=O)O.[Ca+2].[Ca+2].[O-][Si]([O-])([O-])[O-]. The van der Waals surface area contributed by atoms with Crippen LogP contribution in [0.15, 0.2) is 0 Å². The first-order valence-electron chi connectivity index (χ1n) is 9.80. The van der Waals surface area contributed by atoms with Crippen LogP contribution in [0.2, 0.25) is 0 Å². The van der Waals surface area contributed by atoms with Crippen LogP contribution >= 0.6 is 0 Å². The molecule has 27 heavy (non-hydrogen) atoms. The monoisotopic (exact) mass is 456 g/mol. The molecular formula is C18H36Ca2O6Si. The molecule has 0 saturated heterocycles. The van der Waals surface area contributed by atoms with Crippen molar-refractivity contribution in [3.63, 3.8) is 0 Å². The normalized spacial score (nSPS) is 10.3. The fourth-order valence-electron chi connectivity index (χ4n) is 2.65. The van der Waals surface area contributed by atoms with Gasteiger partial charge in [-0.1, -0.05) is 96.8 Å². The summed E-state index contributed by atoms with van der Waals surface area (Å²) in [5.74, 6) is -0.653. The number of carboxylic acids is 1. The maximum absolute atomic E-state index is 10.3. The number of hydrogen-bond donors (Lipinski definition) is 1. The van der Waals surface area contributed by atoms with E-state index in [0.717, 1.165) is 12.8 Å². The summed E-state index contributed by atoms with van der Waals surface area (Å²) in [6, 6.07) is 0. The van der Waals surface area contributed by atoms with Gasteiger partial charge in [-0.15, -0.1) is 0 Å². The number of carbonyl (C=O) groups is 1. The summed E-state index contributed by atoms with van der Waals surface area (Å²) in [6.07, 6.45) is 20.2. The zero-order valence-electron chi connectivity index (χ0n) is 17.2. The smallest absolute Gasteiger partial charge is 0.894 e. The van der Waals surface area contributed by atoms with E-state index >= 15 is 0 Å². The molecule has 152 valence electrons. The molecule has 0 aromatic rings. The van der Waals surface area contributed by atoms with Gasteiger partial charge in [-0.2, -0.15) is 0 Å². The van der Waals surface area contributed by atoms with Crippen molar-refractivity contribution in [2.45, 2.75) is 110 Å². The summed E-state index contributed by atoms with van der Waals surface area (Å²) in [5.41, 5.74) is 0. The van der Waals surface area contributed by atoms with E-state index in [2.05, 4.69) is 6.92 Å². The zero-order chi connectivity index (χ0) is 19.4. The molecule has 0 amide bonds. The van der Waals surface area contributed by atoms with E-state index in [-0.39, 0.29) is 75.5 Å². The molecule has 0 heterocycles. The van der Waals surface area contributed by atoms with E-state index in [9.17, 15) is 4.79 Å². The van der Waals surface area contributed by atoms with E-state index < -0.39 is 15.0 Å². The maximum atomic E-state index is 10.3. The van der Waals surface area contributed by atoms with Crippen molar-refractivity contribution >= 4 is 90.5 Å². The second-order valence-electron chi connectivity index (χ2n) is 6.59. The van der Waals surface area contributed by atoms with Crippen LogP contribution in [0, 0.1) is 0 Å². The summed E-state index contributed by atoms with van der Waals surface area (Å²) in [6.45, 7) is 2.27. The molecule has 6 nitrogen and oxygen atoms in total. The van der Waals surface area contributed by atoms with Gasteiger partial charge in [0.25, 0.3) is 0 Å². The standard InChI is InChI=1S/C18H36O2.2Ca.O4Si/c1-2-3-4-5-6-7-8-9-10-11-12-13-14-15-16-17-18(19)20;;;1-5(2,3)4/h2-17H2,1H3,(H,19,20);;;/q;2*+2;-4. The Labute approximate surface area is 226 Å². The molecule has 9 heteroatoms. The van der Waals surface area contributed by atoms with Crippen LogP contribution < -0.4 is 19.2 Å². The molecule has 0 aromatic heterocycles. The van der Waals surface area contributed by atoms with Gasteiger partial charge in [0.15, 0.2) is 0 Å². The van der Waals surface area contributed by atoms with Crippen molar-refractivity contribution in [2.24, 2.45) is 0 Å². The van der Waals surface area contributed by atoms with Crippen LogP contribution in [0.1, 0.15) is 110 Å². The molecule has 0 unspecified atom stereocenters. The fraction of sp³-hybridized carbons (Fsp3) is 0.944. The number of rotatable bonds is 16. The van der Waals surface area contributed by atoms with Crippen molar-refractivity contribution in [2.75, 3.05) is 0 Å². The topological polar surface area (TPSA) is 130 Å². The fourth-order valence-corrected chi connectivity index (χ4v) is 2.65. The van der Waals surface area contributed by atoms with Gasteiger partial charge >= 0.3 is 81.4 Å². The molecule has 0 rings (SSSR count). The molecule has 0 fully saturated rings. The second kappa shape index (κ2) is 28.0. The predicted octanol–water partition coefficient (Wildman–Crippen LogP) is 0.434. The zero-order valence-corrected chi connectivity index (χ0v) is 22.6. The summed E-state index contributed by atoms with van der Waals surface area (Å²) >= 11 is 0. The van der Waals surface area contributed by atoms with Crippen molar-refractivity contribution in [3.05, 3.63) is 0 Å². The van der Waals surface area contributed by atoms with E-state index in [1.54, 1.807) is 0 Å². The Morgan fingerprint density at radius 3 is 1.07 bits per heavy atom. The van der Waals surface area contributed by atoms with Gasteiger partial charge in [0.05, 0.1) is 0 Å². The summed E-state index contributed by atoms with van der Waals surface area (Å²) in [7, 11) is -5.61. The molecule has 0 radical (unpaired) electrons. The Hall–Kier alpha value is 2.05. The van der Waals surface area contributed by atoms with Gasteiger partial charge in [0.2, 0.25) is 0 Å². The first kappa shape index (κ1) is 36.4. The van der Waals surface area contributed by atoms with Crippen LogP contribution in [0.4, 0.5) is 0 Å². The van der Waals surface area contributed by atoms with Crippen LogP contribution in [0.25, 0.3) is 0 Å². The van der Waals surface area contributed by atoms with Crippen molar-refractivity contribution in [3.8, 4) is 0 Å². The summed E-state index contributed by atoms with van der Waals surface area (Å²) in [4.78, 5) is 44.6. The molecule has 0 saturated carbocycles. The number of carboxylic acid groups (broad SMARTS) is 1. The van der Waals surface area contributed by atoms with Crippen molar-refractivity contribution in [1.29, 1.82) is 0 Å². The largest absolute Gasteiger partial charge is 2.00 e. The van der Waals surface area contributed by atoms with Crippen LogP contribution in [-0.4, -0.2) is 95.6 Å². The average molecular weight is 457 g/mol. The molecular weight excluding hydrogens is 420 g/mol. The van der Waals surface area contributed by atoms with Gasteiger partial charge in [-0.25, -0.2) is 0 Å². The van der Waals surface area contributed by atoms with Crippen LogP contribution in [0.5, 0.6) is 0 Å². The van der Waals surface area contributed by atoms with E-state index in [4.69, 9.17) is 24.3 Å². The third-order valence-electron chi connectivity index (χ3n) is 3.99. The number of aliphatic carboxylic acids is 1. The summed E-state index contributed by atoms with van der Waals surface area (Å²) in [5, 5.41) is 8.52. The van der Waals surface area contributed by atoms with E-state index in [0.29, 0.717) is 6.42 Å².